The maximum absolute atomic E-state index is 4.60. The molecule has 94 valence electrons. The second-order valence-corrected chi connectivity index (χ2v) is 5.82. The molecule has 1 aromatic heterocycles. The predicted octanol–water partition coefficient (Wildman–Crippen LogP) is 4.38. The second kappa shape index (κ2) is 5.27. The lowest BCUT2D eigenvalue weighted by Gasteiger charge is -2.23. The van der Waals surface area contributed by atoms with Crippen molar-refractivity contribution in [3.63, 3.8) is 0 Å². The van der Waals surface area contributed by atoms with Crippen LogP contribution in [0.1, 0.15) is 25.7 Å². The fourth-order valence-corrected chi connectivity index (χ4v) is 3.03. The number of hydrogen-bond donors (Lipinski definition) is 0. The average molecular weight is 305 g/mol. The van der Waals surface area contributed by atoms with E-state index in [-0.39, 0.29) is 0 Å². The number of pyridine rings is 1. The van der Waals surface area contributed by atoms with Crippen molar-refractivity contribution in [3.8, 4) is 0 Å². The van der Waals surface area contributed by atoms with Crippen LogP contribution in [0.2, 0.25) is 0 Å². The fourth-order valence-electron chi connectivity index (χ4n) is 2.68. The molecule has 0 radical (unpaired) electrons. The molecule has 2 heterocycles. The van der Waals surface area contributed by atoms with Crippen LogP contribution in [0.25, 0.3) is 10.9 Å². The summed E-state index contributed by atoms with van der Waals surface area (Å²) < 4.78 is 1.04. The first-order valence-electron chi connectivity index (χ1n) is 6.64. The van der Waals surface area contributed by atoms with Crippen molar-refractivity contribution in [2.75, 3.05) is 18.0 Å². The van der Waals surface area contributed by atoms with Gasteiger partial charge in [-0.15, -0.1) is 0 Å². The zero-order valence-corrected chi connectivity index (χ0v) is 12.0. The predicted molar refractivity (Wildman–Crippen MR) is 80.1 cm³/mol. The minimum Gasteiger partial charge on any atom is -0.370 e. The van der Waals surface area contributed by atoms with E-state index in [1.807, 2.05) is 6.20 Å². The van der Waals surface area contributed by atoms with Gasteiger partial charge in [0.25, 0.3) is 0 Å². The van der Waals surface area contributed by atoms with Crippen LogP contribution in [0, 0.1) is 0 Å². The minimum absolute atomic E-state index is 1.04. The van der Waals surface area contributed by atoms with Crippen LogP contribution in [0.4, 0.5) is 5.69 Å². The summed E-state index contributed by atoms with van der Waals surface area (Å²) in [5, 5.41) is 1.21. The maximum atomic E-state index is 4.60. The van der Waals surface area contributed by atoms with Crippen molar-refractivity contribution >= 4 is 32.5 Å². The van der Waals surface area contributed by atoms with E-state index >= 15 is 0 Å². The summed E-state index contributed by atoms with van der Waals surface area (Å²) in [7, 11) is 0. The van der Waals surface area contributed by atoms with E-state index in [1.165, 1.54) is 36.8 Å². The van der Waals surface area contributed by atoms with Gasteiger partial charge in [0, 0.05) is 29.1 Å². The van der Waals surface area contributed by atoms with Crippen LogP contribution >= 0.6 is 15.9 Å². The number of para-hydroxylation sites is 1. The Hall–Kier alpha value is -1.09. The lowest BCUT2D eigenvalue weighted by molar-refractivity contribution is 0.726. The van der Waals surface area contributed by atoms with Gasteiger partial charge in [-0.1, -0.05) is 25.0 Å². The molecule has 18 heavy (non-hydrogen) atoms. The molecule has 1 saturated heterocycles. The number of nitrogens with zero attached hydrogens (tertiary/aromatic N) is 2. The molecule has 0 spiro atoms. The largest absolute Gasteiger partial charge is 0.370 e. The molecular formula is C15H17BrN2. The van der Waals surface area contributed by atoms with E-state index in [4.69, 9.17) is 0 Å². The Kier molecular flexibility index (Phi) is 3.50. The first-order chi connectivity index (χ1) is 8.84. The third-order valence-electron chi connectivity index (χ3n) is 3.60. The quantitative estimate of drug-likeness (QED) is 0.777. The topological polar surface area (TPSA) is 16.1 Å². The zero-order chi connectivity index (χ0) is 12.4. The van der Waals surface area contributed by atoms with E-state index in [1.54, 1.807) is 0 Å². The van der Waals surface area contributed by atoms with E-state index in [2.05, 4.69) is 50.1 Å². The number of rotatable bonds is 1. The van der Waals surface area contributed by atoms with Gasteiger partial charge in [-0.25, -0.2) is 0 Å². The Morgan fingerprint density at radius 2 is 1.83 bits per heavy atom. The molecule has 2 aromatic rings. The monoisotopic (exact) mass is 304 g/mol. The summed E-state index contributed by atoms with van der Waals surface area (Å²) in [5.74, 6) is 0. The van der Waals surface area contributed by atoms with E-state index in [9.17, 15) is 0 Å². The highest BCUT2D eigenvalue weighted by molar-refractivity contribution is 9.10. The van der Waals surface area contributed by atoms with Crippen LogP contribution in [0.3, 0.4) is 0 Å². The third-order valence-corrected chi connectivity index (χ3v) is 4.04. The molecule has 0 saturated carbocycles. The van der Waals surface area contributed by atoms with Crippen molar-refractivity contribution < 1.29 is 0 Å². The summed E-state index contributed by atoms with van der Waals surface area (Å²) in [6.07, 6.45) is 7.21. The highest BCUT2D eigenvalue weighted by Crippen LogP contribution is 2.28. The Bertz CT molecular complexity index is 545. The molecule has 0 aliphatic carbocycles. The zero-order valence-electron chi connectivity index (χ0n) is 10.4. The second-order valence-electron chi connectivity index (χ2n) is 4.90. The Morgan fingerprint density at radius 3 is 2.61 bits per heavy atom. The summed E-state index contributed by atoms with van der Waals surface area (Å²) in [6, 6.07) is 8.61. The van der Waals surface area contributed by atoms with Gasteiger partial charge in [0.05, 0.1) is 11.2 Å². The number of anilines is 1. The highest BCUT2D eigenvalue weighted by Gasteiger charge is 2.13. The third kappa shape index (κ3) is 2.37. The first-order valence-corrected chi connectivity index (χ1v) is 7.43. The van der Waals surface area contributed by atoms with Gasteiger partial charge in [-0.05, 0) is 40.9 Å². The smallest absolute Gasteiger partial charge is 0.0936 e. The minimum atomic E-state index is 1.04. The molecule has 0 unspecified atom stereocenters. The summed E-state index contributed by atoms with van der Waals surface area (Å²) in [4.78, 5) is 7.09. The van der Waals surface area contributed by atoms with E-state index in [0.717, 1.165) is 23.1 Å². The molecule has 1 aliphatic rings. The van der Waals surface area contributed by atoms with Crippen LogP contribution in [0.5, 0.6) is 0 Å². The molecule has 2 nitrogen and oxygen atoms in total. The number of benzene rings is 1. The highest BCUT2D eigenvalue weighted by atomic mass is 79.9. The number of halogens is 1. The summed E-state index contributed by atoms with van der Waals surface area (Å²) >= 11 is 3.49. The molecule has 3 rings (SSSR count). The Labute approximate surface area is 116 Å². The molecule has 0 N–H and O–H groups in total. The first kappa shape index (κ1) is 12.0. The van der Waals surface area contributed by atoms with Gasteiger partial charge in [0.1, 0.15) is 0 Å². The Morgan fingerprint density at radius 1 is 1.06 bits per heavy atom. The van der Waals surface area contributed by atoms with E-state index < -0.39 is 0 Å². The van der Waals surface area contributed by atoms with Crippen molar-refractivity contribution in [2.24, 2.45) is 0 Å². The van der Waals surface area contributed by atoms with Crippen molar-refractivity contribution in [2.45, 2.75) is 25.7 Å². The van der Waals surface area contributed by atoms with E-state index in [0.29, 0.717) is 0 Å². The van der Waals surface area contributed by atoms with Crippen molar-refractivity contribution in [3.05, 3.63) is 34.9 Å². The van der Waals surface area contributed by atoms with Gasteiger partial charge >= 0.3 is 0 Å². The average Bonchev–Trinajstić information content (AvgIpc) is 2.66. The molecule has 3 heteroatoms. The van der Waals surface area contributed by atoms with Crippen molar-refractivity contribution in [1.29, 1.82) is 0 Å². The van der Waals surface area contributed by atoms with Gasteiger partial charge in [-0.3, -0.25) is 4.98 Å². The van der Waals surface area contributed by atoms with Crippen molar-refractivity contribution in [1.82, 2.24) is 4.98 Å². The molecule has 1 fully saturated rings. The number of aromatic nitrogens is 1. The van der Waals surface area contributed by atoms with Crippen LogP contribution in [-0.2, 0) is 0 Å². The fraction of sp³-hybridized carbons (Fsp3) is 0.400. The SMILES string of the molecule is Brc1cnc2c(N3CCCCCC3)cccc2c1. The van der Waals surface area contributed by atoms with Crippen LogP contribution < -0.4 is 4.90 Å². The van der Waals surface area contributed by atoms with Gasteiger partial charge in [0.2, 0.25) is 0 Å². The number of hydrogen-bond acceptors (Lipinski definition) is 2. The maximum Gasteiger partial charge on any atom is 0.0936 e. The van der Waals surface area contributed by atoms with Gasteiger partial charge in [0.15, 0.2) is 0 Å². The lowest BCUT2D eigenvalue weighted by Crippen LogP contribution is -2.24. The van der Waals surface area contributed by atoms with Crippen LogP contribution in [-0.4, -0.2) is 18.1 Å². The molecule has 1 aromatic carbocycles. The lowest BCUT2D eigenvalue weighted by atomic mass is 10.1. The molecule has 0 bridgehead atoms. The van der Waals surface area contributed by atoms with Crippen LogP contribution in [0.15, 0.2) is 34.9 Å². The van der Waals surface area contributed by atoms with Gasteiger partial charge < -0.3 is 4.90 Å². The normalized spacial score (nSPS) is 16.8. The molecule has 1 aliphatic heterocycles. The molecule has 0 amide bonds. The summed E-state index contributed by atoms with van der Waals surface area (Å²) in [5.41, 5.74) is 2.42. The summed E-state index contributed by atoms with van der Waals surface area (Å²) in [6.45, 7) is 2.33. The molecule has 0 atom stereocenters. The molecular weight excluding hydrogens is 288 g/mol. The Balaban J connectivity index is 2.04. The standard InChI is InChI=1S/C15H17BrN2/c16-13-10-12-6-5-7-14(15(12)17-11-13)18-8-3-1-2-4-9-18/h5-7,10-11H,1-4,8-9H2. The van der Waals surface area contributed by atoms with Gasteiger partial charge in [-0.2, -0.15) is 0 Å². The number of fused-ring (bicyclic) bond motifs is 1.